The van der Waals surface area contributed by atoms with Crippen LogP contribution in [0.1, 0.15) is 25.7 Å². The van der Waals surface area contributed by atoms with Crippen LogP contribution >= 0.6 is 0 Å². The zero-order chi connectivity index (χ0) is 14.8. The number of hydrogen-bond acceptors (Lipinski definition) is 3. The van der Waals surface area contributed by atoms with Crippen molar-refractivity contribution < 1.29 is 23.1 Å². The van der Waals surface area contributed by atoms with E-state index in [4.69, 9.17) is 0 Å². The SMILES string of the molecule is O=C(CN1CCCC(O)C1)N1CCCC(C(F)(F)F)C1. The third-order valence-electron chi connectivity index (χ3n) is 4.08. The van der Waals surface area contributed by atoms with E-state index < -0.39 is 18.2 Å². The topological polar surface area (TPSA) is 43.8 Å². The normalized spacial score (nSPS) is 29.5. The van der Waals surface area contributed by atoms with Crippen molar-refractivity contribution in [1.29, 1.82) is 0 Å². The summed E-state index contributed by atoms with van der Waals surface area (Å²) in [5, 5.41) is 9.54. The molecule has 1 N–H and O–H groups in total. The third kappa shape index (κ3) is 4.09. The van der Waals surface area contributed by atoms with Crippen LogP contribution in [-0.4, -0.2) is 65.8 Å². The predicted octanol–water partition coefficient (Wildman–Crippen LogP) is 1.24. The molecular formula is C13H21F3N2O2. The molecule has 4 nitrogen and oxygen atoms in total. The fourth-order valence-electron chi connectivity index (χ4n) is 2.94. The third-order valence-corrected chi connectivity index (χ3v) is 4.08. The molecule has 2 atom stereocenters. The van der Waals surface area contributed by atoms with Gasteiger partial charge < -0.3 is 10.0 Å². The molecule has 0 aromatic heterocycles. The highest BCUT2D eigenvalue weighted by Gasteiger charge is 2.42. The fraction of sp³-hybridized carbons (Fsp3) is 0.923. The van der Waals surface area contributed by atoms with E-state index >= 15 is 0 Å². The minimum Gasteiger partial charge on any atom is -0.392 e. The number of aliphatic hydroxyl groups excluding tert-OH is 1. The summed E-state index contributed by atoms with van der Waals surface area (Å²) in [7, 11) is 0. The van der Waals surface area contributed by atoms with Crippen LogP contribution in [0.15, 0.2) is 0 Å². The van der Waals surface area contributed by atoms with Crippen molar-refractivity contribution in [2.45, 2.75) is 38.0 Å². The maximum Gasteiger partial charge on any atom is 0.393 e. The summed E-state index contributed by atoms with van der Waals surface area (Å²) >= 11 is 0. The van der Waals surface area contributed by atoms with Gasteiger partial charge in [-0.05, 0) is 32.2 Å². The first-order chi connectivity index (χ1) is 9.36. The molecular weight excluding hydrogens is 273 g/mol. The number of likely N-dealkylation sites (tertiary alicyclic amines) is 2. The second-order valence-electron chi connectivity index (χ2n) is 5.75. The maximum absolute atomic E-state index is 12.7. The summed E-state index contributed by atoms with van der Waals surface area (Å²) in [4.78, 5) is 15.2. The number of carbonyl (C=O) groups excluding carboxylic acids is 1. The van der Waals surface area contributed by atoms with Crippen LogP contribution in [0.25, 0.3) is 0 Å². The molecule has 2 fully saturated rings. The standard InChI is InChI=1S/C13H21F3N2O2/c14-13(15,16)10-3-1-6-18(7-10)12(20)9-17-5-2-4-11(19)8-17/h10-11,19H,1-9H2. The smallest absolute Gasteiger partial charge is 0.392 e. The molecule has 2 aliphatic rings. The molecule has 0 aromatic rings. The van der Waals surface area contributed by atoms with Crippen molar-refractivity contribution in [1.82, 2.24) is 9.80 Å². The second kappa shape index (κ2) is 6.30. The Morgan fingerprint density at radius 2 is 1.85 bits per heavy atom. The summed E-state index contributed by atoms with van der Waals surface area (Å²) in [6, 6.07) is 0. The molecule has 7 heteroatoms. The summed E-state index contributed by atoms with van der Waals surface area (Å²) in [5.41, 5.74) is 0. The Kier molecular flexibility index (Phi) is 4.90. The van der Waals surface area contributed by atoms with E-state index in [-0.39, 0.29) is 25.4 Å². The van der Waals surface area contributed by atoms with Gasteiger partial charge in [0.1, 0.15) is 0 Å². The summed E-state index contributed by atoms with van der Waals surface area (Å²) in [5.74, 6) is -1.65. The van der Waals surface area contributed by atoms with Gasteiger partial charge in [-0.1, -0.05) is 0 Å². The number of nitrogens with zero attached hydrogens (tertiary/aromatic N) is 2. The average molecular weight is 294 g/mol. The second-order valence-corrected chi connectivity index (χ2v) is 5.75. The monoisotopic (exact) mass is 294 g/mol. The Morgan fingerprint density at radius 1 is 1.15 bits per heavy atom. The molecule has 0 aromatic carbocycles. The Hall–Kier alpha value is -0.820. The number of carbonyl (C=O) groups is 1. The summed E-state index contributed by atoms with van der Waals surface area (Å²) in [6.07, 6.45) is -2.60. The van der Waals surface area contributed by atoms with E-state index in [1.807, 2.05) is 4.90 Å². The Bertz CT molecular complexity index is 349. The molecule has 2 rings (SSSR count). The minimum absolute atomic E-state index is 0.107. The minimum atomic E-state index is -4.22. The van der Waals surface area contributed by atoms with E-state index in [2.05, 4.69) is 0 Å². The Morgan fingerprint density at radius 3 is 2.50 bits per heavy atom. The number of rotatable bonds is 2. The predicted molar refractivity (Wildman–Crippen MR) is 67.0 cm³/mol. The van der Waals surface area contributed by atoms with Gasteiger partial charge in [0.25, 0.3) is 0 Å². The van der Waals surface area contributed by atoms with E-state index in [1.54, 1.807) is 0 Å². The molecule has 2 heterocycles. The quantitative estimate of drug-likeness (QED) is 0.833. The van der Waals surface area contributed by atoms with Crippen molar-refractivity contribution in [3.05, 3.63) is 0 Å². The molecule has 0 bridgehead atoms. The van der Waals surface area contributed by atoms with Gasteiger partial charge in [-0.3, -0.25) is 9.69 Å². The summed E-state index contributed by atoms with van der Waals surface area (Å²) in [6.45, 7) is 1.45. The van der Waals surface area contributed by atoms with Gasteiger partial charge in [-0.15, -0.1) is 0 Å². The first-order valence-electron chi connectivity index (χ1n) is 7.11. The highest BCUT2D eigenvalue weighted by molar-refractivity contribution is 5.78. The van der Waals surface area contributed by atoms with Crippen LogP contribution in [0.2, 0.25) is 0 Å². The van der Waals surface area contributed by atoms with Crippen molar-refractivity contribution in [3.63, 3.8) is 0 Å². The van der Waals surface area contributed by atoms with Crippen molar-refractivity contribution in [2.75, 3.05) is 32.7 Å². The molecule has 0 spiro atoms. The Labute approximate surface area is 116 Å². The molecule has 20 heavy (non-hydrogen) atoms. The number of alkyl halides is 3. The Balaban J connectivity index is 1.85. The lowest BCUT2D eigenvalue weighted by Crippen LogP contribution is -2.49. The van der Waals surface area contributed by atoms with E-state index in [9.17, 15) is 23.1 Å². The number of hydrogen-bond donors (Lipinski definition) is 1. The number of halogens is 3. The molecule has 116 valence electrons. The van der Waals surface area contributed by atoms with Crippen LogP contribution in [0.3, 0.4) is 0 Å². The fourth-order valence-corrected chi connectivity index (χ4v) is 2.94. The number of piperidine rings is 2. The van der Waals surface area contributed by atoms with E-state index in [0.29, 0.717) is 19.5 Å². The average Bonchev–Trinajstić information content (AvgIpc) is 2.38. The molecule has 2 unspecified atom stereocenters. The van der Waals surface area contributed by atoms with Gasteiger partial charge >= 0.3 is 6.18 Å². The van der Waals surface area contributed by atoms with Crippen LogP contribution in [0, 0.1) is 5.92 Å². The molecule has 0 aliphatic carbocycles. The van der Waals surface area contributed by atoms with E-state index in [0.717, 1.165) is 19.4 Å². The first kappa shape index (κ1) is 15.6. The van der Waals surface area contributed by atoms with Gasteiger partial charge in [-0.25, -0.2) is 0 Å². The zero-order valence-electron chi connectivity index (χ0n) is 11.4. The summed E-state index contributed by atoms with van der Waals surface area (Å²) < 4.78 is 38.1. The first-order valence-corrected chi connectivity index (χ1v) is 7.11. The van der Waals surface area contributed by atoms with Crippen molar-refractivity contribution in [3.8, 4) is 0 Å². The lowest BCUT2D eigenvalue weighted by atomic mass is 9.97. The van der Waals surface area contributed by atoms with Crippen LogP contribution in [0.4, 0.5) is 13.2 Å². The number of amides is 1. The molecule has 2 aliphatic heterocycles. The number of aliphatic hydroxyl groups is 1. The zero-order valence-corrected chi connectivity index (χ0v) is 11.4. The van der Waals surface area contributed by atoms with Crippen molar-refractivity contribution >= 4 is 5.91 Å². The van der Waals surface area contributed by atoms with Gasteiger partial charge in [0.05, 0.1) is 18.6 Å². The molecule has 0 saturated carbocycles. The van der Waals surface area contributed by atoms with Gasteiger partial charge in [0, 0.05) is 19.6 Å². The largest absolute Gasteiger partial charge is 0.393 e. The van der Waals surface area contributed by atoms with E-state index in [1.165, 1.54) is 4.90 Å². The molecule has 0 radical (unpaired) electrons. The molecule has 1 amide bonds. The van der Waals surface area contributed by atoms with Gasteiger partial charge in [0.15, 0.2) is 0 Å². The maximum atomic E-state index is 12.7. The lowest BCUT2D eigenvalue weighted by Gasteiger charge is -2.36. The number of β-amino-alcohol motifs (C(OH)–C–C–N with tert-alkyl or cyclic N) is 1. The van der Waals surface area contributed by atoms with Crippen LogP contribution in [-0.2, 0) is 4.79 Å². The molecule has 2 saturated heterocycles. The highest BCUT2D eigenvalue weighted by atomic mass is 19.4. The van der Waals surface area contributed by atoms with Crippen LogP contribution < -0.4 is 0 Å². The van der Waals surface area contributed by atoms with Gasteiger partial charge in [-0.2, -0.15) is 13.2 Å². The lowest BCUT2D eigenvalue weighted by molar-refractivity contribution is -0.188. The van der Waals surface area contributed by atoms with Crippen molar-refractivity contribution in [2.24, 2.45) is 5.92 Å². The van der Waals surface area contributed by atoms with Gasteiger partial charge in [0.2, 0.25) is 5.91 Å². The van der Waals surface area contributed by atoms with Crippen LogP contribution in [0.5, 0.6) is 0 Å². The highest BCUT2D eigenvalue weighted by Crippen LogP contribution is 2.33.